The van der Waals surface area contributed by atoms with Crippen LogP contribution in [0.1, 0.15) is 35.6 Å². The van der Waals surface area contributed by atoms with Gasteiger partial charge in [0.25, 0.3) is 0 Å². The highest BCUT2D eigenvalue weighted by molar-refractivity contribution is 9.10. The van der Waals surface area contributed by atoms with E-state index in [1.54, 1.807) is 12.4 Å². The lowest BCUT2D eigenvalue weighted by atomic mass is 9.89. The van der Waals surface area contributed by atoms with Gasteiger partial charge in [0.15, 0.2) is 0 Å². The quantitative estimate of drug-likeness (QED) is 0.865. The second kappa shape index (κ2) is 6.15. The Morgan fingerprint density at radius 1 is 1.14 bits per heavy atom. The molecule has 0 aliphatic carbocycles. The molecular weight excluding hydrogens is 345 g/mol. The largest absolute Gasteiger partial charge is 0.416 e. The zero-order chi connectivity index (χ0) is 15.6. The van der Waals surface area contributed by atoms with Crippen LogP contribution >= 0.6 is 15.9 Å². The van der Waals surface area contributed by atoms with E-state index in [2.05, 4.69) is 20.9 Å². The fourth-order valence-electron chi connectivity index (χ4n) is 2.12. The highest BCUT2D eigenvalue weighted by Gasteiger charge is 2.32. The number of hydrogen-bond acceptors (Lipinski definition) is 2. The van der Waals surface area contributed by atoms with Crippen LogP contribution in [0.4, 0.5) is 13.2 Å². The SMILES string of the molecule is CC(c1ccncc1)C(N)c1cc(C(F)(F)F)ccc1Br. The summed E-state index contributed by atoms with van der Waals surface area (Å²) < 4.78 is 39.0. The summed E-state index contributed by atoms with van der Waals surface area (Å²) in [5.74, 6) is -0.132. The molecule has 0 saturated carbocycles. The number of halogens is 4. The van der Waals surface area contributed by atoms with Crippen LogP contribution in [0.25, 0.3) is 0 Å². The number of rotatable bonds is 3. The Labute approximate surface area is 129 Å². The number of benzene rings is 1. The minimum absolute atomic E-state index is 0.132. The Morgan fingerprint density at radius 2 is 1.76 bits per heavy atom. The molecule has 6 heteroatoms. The monoisotopic (exact) mass is 358 g/mol. The summed E-state index contributed by atoms with van der Waals surface area (Å²) in [6.07, 6.45) is -1.10. The van der Waals surface area contributed by atoms with Crippen LogP contribution in [0.15, 0.2) is 47.2 Å². The van der Waals surface area contributed by atoms with Crippen molar-refractivity contribution in [3.63, 3.8) is 0 Å². The van der Waals surface area contributed by atoms with Crippen molar-refractivity contribution >= 4 is 15.9 Å². The number of pyridine rings is 1. The van der Waals surface area contributed by atoms with Crippen molar-refractivity contribution in [1.29, 1.82) is 0 Å². The van der Waals surface area contributed by atoms with E-state index >= 15 is 0 Å². The zero-order valence-electron chi connectivity index (χ0n) is 11.2. The van der Waals surface area contributed by atoms with Crippen LogP contribution in [-0.2, 0) is 6.18 Å². The minimum Gasteiger partial charge on any atom is -0.323 e. The first-order valence-electron chi connectivity index (χ1n) is 6.33. The van der Waals surface area contributed by atoms with Gasteiger partial charge in [0.1, 0.15) is 0 Å². The summed E-state index contributed by atoms with van der Waals surface area (Å²) in [6, 6.07) is 6.60. The molecule has 1 heterocycles. The van der Waals surface area contributed by atoms with Crippen LogP contribution in [0.3, 0.4) is 0 Å². The van der Waals surface area contributed by atoms with Gasteiger partial charge in [0.05, 0.1) is 5.56 Å². The average molecular weight is 359 g/mol. The number of nitrogens with two attached hydrogens (primary N) is 1. The highest BCUT2D eigenvalue weighted by atomic mass is 79.9. The van der Waals surface area contributed by atoms with E-state index in [0.29, 0.717) is 10.0 Å². The third-order valence-corrected chi connectivity index (χ3v) is 4.18. The van der Waals surface area contributed by atoms with Gasteiger partial charge >= 0.3 is 6.18 Å². The number of aromatic nitrogens is 1. The molecule has 2 nitrogen and oxygen atoms in total. The fourth-order valence-corrected chi connectivity index (χ4v) is 2.63. The molecule has 0 saturated heterocycles. The minimum atomic E-state index is -4.38. The van der Waals surface area contributed by atoms with Gasteiger partial charge in [0, 0.05) is 28.8 Å². The molecule has 2 N–H and O–H groups in total. The van der Waals surface area contributed by atoms with Gasteiger partial charge in [0.2, 0.25) is 0 Å². The summed E-state index contributed by atoms with van der Waals surface area (Å²) in [5.41, 5.74) is 6.84. The summed E-state index contributed by atoms with van der Waals surface area (Å²) in [6.45, 7) is 1.88. The molecule has 0 aliphatic rings. The summed E-state index contributed by atoms with van der Waals surface area (Å²) in [4.78, 5) is 3.92. The lowest BCUT2D eigenvalue weighted by molar-refractivity contribution is -0.137. The Hall–Kier alpha value is -1.40. The summed E-state index contributed by atoms with van der Waals surface area (Å²) >= 11 is 3.28. The van der Waals surface area contributed by atoms with Gasteiger partial charge in [-0.1, -0.05) is 22.9 Å². The van der Waals surface area contributed by atoms with Crippen molar-refractivity contribution in [3.8, 4) is 0 Å². The van der Waals surface area contributed by atoms with E-state index in [1.165, 1.54) is 6.07 Å². The molecule has 0 spiro atoms. The van der Waals surface area contributed by atoms with E-state index in [9.17, 15) is 13.2 Å². The van der Waals surface area contributed by atoms with Gasteiger partial charge in [-0.25, -0.2) is 0 Å². The topological polar surface area (TPSA) is 38.9 Å². The maximum absolute atomic E-state index is 12.8. The third-order valence-electron chi connectivity index (χ3n) is 3.45. The van der Waals surface area contributed by atoms with Gasteiger partial charge in [-0.2, -0.15) is 13.2 Å². The molecular formula is C15H14BrF3N2. The first-order valence-corrected chi connectivity index (χ1v) is 7.12. The standard InChI is InChI=1S/C15H14BrF3N2/c1-9(10-4-6-21-7-5-10)14(20)12-8-11(15(17,18)19)2-3-13(12)16/h2-9,14H,20H2,1H3. The molecule has 0 fully saturated rings. The van der Waals surface area contributed by atoms with Crippen LogP contribution in [0.5, 0.6) is 0 Å². The third kappa shape index (κ3) is 3.63. The Balaban J connectivity index is 2.37. The second-order valence-electron chi connectivity index (χ2n) is 4.83. The molecule has 2 unspecified atom stereocenters. The van der Waals surface area contributed by atoms with E-state index < -0.39 is 17.8 Å². The number of nitrogens with zero attached hydrogens (tertiary/aromatic N) is 1. The van der Waals surface area contributed by atoms with Gasteiger partial charge < -0.3 is 5.73 Å². The van der Waals surface area contributed by atoms with Crippen molar-refractivity contribution in [2.75, 3.05) is 0 Å². The first kappa shape index (κ1) is 16.0. The molecule has 2 aromatic rings. The summed E-state index contributed by atoms with van der Waals surface area (Å²) in [7, 11) is 0. The van der Waals surface area contributed by atoms with Gasteiger partial charge in [-0.3, -0.25) is 4.98 Å². The molecule has 1 aromatic heterocycles. The van der Waals surface area contributed by atoms with E-state index in [4.69, 9.17) is 5.73 Å². The van der Waals surface area contributed by atoms with Crippen LogP contribution < -0.4 is 5.73 Å². The molecule has 1 aromatic carbocycles. The molecule has 0 amide bonds. The Bertz CT molecular complexity index is 614. The highest BCUT2D eigenvalue weighted by Crippen LogP contribution is 2.37. The Kier molecular flexibility index (Phi) is 4.68. The predicted octanol–water partition coefficient (Wildman–Crippen LogP) is 4.67. The van der Waals surface area contributed by atoms with Crippen molar-refractivity contribution in [2.24, 2.45) is 5.73 Å². The summed E-state index contributed by atoms with van der Waals surface area (Å²) in [5, 5.41) is 0. The molecule has 21 heavy (non-hydrogen) atoms. The Morgan fingerprint density at radius 3 is 2.33 bits per heavy atom. The van der Waals surface area contributed by atoms with Crippen molar-refractivity contribution in [3.05, 3.63) is 63.9 Å². The van der Waals surface area contributed by atoms with Crippen LogP contribution in [0.2, 0.25) is 0 Å². The van der Waals surface area contributed by atoms with Crippen LogP contribution in [0, 0.1) is 0 Å². The predicted molar refractivity (Wildman–Crippen MR) is 78.7 cm³/mol. The smallest absolute Gasteiger partial charge is 0.323 e. The normalized spacial score (nSPS) is 14.8. The van der Waals surface area contributed by atoms with E-state index in [-0.39, 0.29) is 5.92 Å². The second-order valence-corrected chi connectivity index (χ2v) is 5.68. The van der Waals surface area contributed by atoms with Crippen LogP contribution in [-0.4, -0.2) is 4.98 Å². The lowest BCUT2D eigenvalue weighted by Crippen LogP contribution is -2.19. The van der Waals surface area contributed by atoms with Gasteiger partial charge in [-0.05, 0) is 41.5 Å². The first-order chi connectivity index (χ1) is 9.80. The fraction of sp³-hybridized carbons (Fsp3) is 0.267. The van der Waals surface area contributed by atoms with Crippen molar-refractivity contribution in [2.45, 2.75) is 25.1 Å². The molecule has 2 rings (SSSR count). The maximum atomic E-state index is 12.8. The van der Waals surface area contributed by atoms with E-state index in [1.807, 2.05) is 19.1 Å². The van der Waals surface area contributed by atoms with Crippen molar-refractivity contribution in [1.82, 2.24) is 4.98 Å². The molecule has 112 valence electrons. The lowest BCUT2D eigenvalue weighted by Gasteiger charge is -2.22. The average Bonchev–Trinajstić information content (AvgIpc) is 2.46. The maximum Gasteiger partial charge on any atom is 0.416 e. The molecule has 0 bridgehead atoms. The number of alkyl halides is 3. The van der Waals surface area contributed by atoms with Gasteiger partial charge in [-0.15, -0.1) is 0 Å². The van der Waals surface area contributed by atoms with E-state index in [0.717, 1.165) is 17.7 Å². The molecule has 2 atom stereocenters. The molecule has 0 radical (unpaired) electrons. The van der Waals surface area contributed by atoms with Crippen molar-refractivity contribution < 1.29 is 13.2 Å². The molecule has 0 aliphatic heterocycles. The number of hydrogen-bond donors (Lipinski definition) is 1. The zero-order valence-corrected chi connectivity index (χ0v) is 12.8.